The maximum Gasteiger partial charge on any atom is 0.0181 e. The molecule has 0 fully saturated rings. The van der Waals surface area contributed by atoms with Gasteiger partial charge in [-0.15, -0.1) is 0 Å². The highest BCUT2D eigenvalue weighted by Crippen LogP contribution is 2.17. The molecular formula is C11H12Br2. The van der Waals surface area contributed by atoms with E-state index in [1.165, 1.54) is 11.1 Å². The second-order valence-electron chi connectivity index (χ2n) is 2.88. The molecule has 2 heteroatoms. The van der Waals surface area contributed by atoms with Gasteiger partial charge in [-0.3, -0.25) is 0 Å². The van der Waals surface area contributed by atoms with Gasteiger partial charge in [-0.25, -0.2) is 0 Å². The first-order chi connectivity index (χ1) is 6.24. The maximum absolute atomic E-state index is 3.46. The van der Waals surface area contributed by atoms with Crippen molar-refractivity contribution >= 4 is 37.9 Å². The summed E-state index contributed by atoms with van der Waals surface area (Å²) >= 11 is 6.86. The van der Waals surface area contributed by atoms with Crippen molar-refractivity contribution < 1.29 is 0 Å². The Balaban J connectivity index is 2.81. The highest BCUT2D eigenvalue weighted by Gasteiger charge is 1.94. The molecule has 1 rings (SSSR count). The maximum atomic E-state index is 3.46. The van der Waals surface area contributed by atoms with Crippen molar-refractivity contribution in [3.8, 4) is 0 Å². The van der Waals surface area contributed by atoms with Crippen molar-refractivity contribution in [2.45, 2.75) is 13.3 Å². The number of hydrogen-bond donors (Lipinski definition) is 0. The molecule has 13 heavy (non-hydrogen) atoms. The zero-order valence-corrected chi connectivity index (χ0v) is 10.7. The average molecular weight is 304 g/mol. The fraction of sp³-hybridized carbons (Fsp3) is 0.273. The van der Waals surface area contributed by atoms with Crippen molar-refractivity contribution in [1.29, 1.82) is 0 Å². The minimum atomic E-state index is 1.02. The number of hydrogen-bond acceptors (Lipinski definition) is 0. The molecule has 0 amide bonds. The van der Waals surface area contributed by atoms with E-state index in [4.69, 9.17) is 0 Å². The van der Waals surface area contributed by atoms with Gasteiger partial charge in [0, 0.05) is 9.80 Å². The van der Waals surface area contributed by atoms with Gasteiger partial charge in [0.25, 0.3) is 0 Å². The molecule has 0 N–H and O–H groups in total. The van der Waals surface area contributed by atoms with E-state index in [2.05, 4.69) is 69.1 Å². The van der Waals surface area contributed by atoms with Crippen LogP contribution in [0.2, 0.25) is 0 Å². The van der Waals surface area contributed by atoms with Gasteiger partial charge in [0.15, 0.2) is 0 Å². The van der Waals surface area contributed by atoms with Gasteiger partial charge in [-0.05, 0) is 36.6 Å². The largest absolute Gasteiger partial charge is 0.0925 e. The summed E-state index contributed by atoms with van der Waals surface area (Å²) in [5, 5.41) is 1.02. The van der Waals surface area contributed by atoms with E-state index in [-0.39, 0.29) is 0 Å². The van der Waals surface area contributed by atoms with E-state index in [1.807, 2.05) is 0 Å². The number of rotatable bonds is 3. The Morgan fingerprint density at radius 2 is 2.15 bits per heavy atom. The second-order valence-corrected chi connectivity index (χ2v) is 4.59. The molecule has 1 aromatic rings. The van der Waals surface area contributed by atoms with Gasteiger partial charge < -0.3 is 0 Å². The minimum Gasteiger partial charge on any atom is -0.0925 e. The van der Waals surface area contributed by atoms with Gasteiger partial charge in [0.05, 0.1) is 0 Å². The smallest absolute Gasteiger partial charge is 0.0181 e. The first-order valence-corrected chi connectivity index (χ1v) is 6.14. The molecule has 0 atom stereocenters. The highest BCUT2D eigenvalue weighted by molar-refractivity contribution is 9.10. The molecule has 0 unspecified atom stereocenters. The minimum absolute atomic E-state index is 1.02. The first-order valence-electron chi connectivity index (χ1n) is 4.22. The zero-order valence-electron chi connectivity index (χ0n) is 7.56. The number of halogens is 2. The van der Waals surface area contributed by atoms with Crippen LogP contribution in [0.15, 0.2) is 28.7 Å². The summed E-state index contributed by atoms with van der Waals surface area (Å²) in [5.74, 6) is 0. The first kappa shape index (κ1) is 11.0. The number of benzene rings is 1. The van der Waals surface area contributed by atoms with Crippen LogP contribution in [0.25, 0.3) is 6.08 Å². The van der Waals surface area contributed by atoms with Crippen molar-refractivity contribution in [2.75, 3.05) is 5.33 Å². The monoisotopic (exact) mass is 302 g/mol. The summed E-state index contributed by atoms with van der Waals surface area (Å²) in [7, 11) is 0. The summed E-state index contributed by atoms with van der Waals surface area (Å²) in [5.41, 5.74) is 2.60. The van der Waals surface area contributed by atoms with Crippen LogP contribution in [0.5, 0.6) is 0 Å². The van der Waals surface area contributed by atoms with Crippen LogP contribution in [0, 0.1) is 6.92 Å². The SMILES string of the molecule is Cc1ccc(Br)cc1C=CCCBr. The molecular weight excluding hydrogens is 292 g/mol. The second kappa shape index (κ2) is 5.61. The van der Waals surface area contributed by atoms with Crippen LogP contribution in [-0.2, 0) is 0 Å². The van der Waals surface area contributed by atoms with Gasteiger partial charge in [0.2, 0.25) is 0 Å². The quantitative estimate of drug-likeness (QED) is 0.718. The van der Waals surface area contributed by atoms with Crippen molar-refractivity contribution in [3.05, 3.63) is 39.9 Å². The molecule has 0 aliphatic heterocycles. The summed E-state index contributed by atoms with van der Waals surface area (Å²) in [6.07, 6.45) is 5.43. The van der Waals surface area contributed by atoms with E-state index >= 15 is 0 Å². The lowest BCUT2D eigenvalue weighted by molar-refractivity contribution is 1.27. The van der Waals surface area contributed by atoms with Crippen molar-refractivity contribution in [1.82, 2.24) is 0 Å². The number of aryl methyl sites for hydroxylation is 1. The van der Waals surface area contributed by atoms with Crippen LogP contribution in [0.3, 0.4) is 0 Å². The van der Waals surface area contributed by atoms with E-state index in [1.54, 1.807) is 0 Å². The Morgan fingerprint density at radius 3 is 2.85 bits per heavy atom. The van der Waals surface area contributed by atoms with Gasteiger partial charge in [-0.1, -0.05) is 50.1 Å². The van der Waals surface area contributed by atoms with Crippen molar-refractivity contribution in [3.63, 3.8) is 0 Å². The standard InChI is InChI=1S/C11H12Br2/c1-9-5-6-11(13)8-10(9)4-2-3-7-12/h2,4-6,8H,3,7H2,1H3. The normalized spacial score (nSPS) is 11.0. The van der Waals surface area contributed by atoms with Crippen LogP contribution in [0.1, 0.15) is 17.5 Å². The van der Waals surface area contributed by atoms with E-state index in [0.29, 0.717) is 0 Å². The van der Waals surface area contributed by atoms with Crippen LogP contribution < -0.4 is 0 Å². The Labute approximate surface area is 96.3 Å². The molecule has 0 saturated carbocycles. The van der Waals surface area contributed by atoms with Gasteiger partial charge in [0.1, 0.15) is 0 Å². The van der Waals surface area contributed by atoms with Crippen LogP contribution >= 0.6 is 31.9 Å². The summed E-state index contributed by atoms with van der Waals surface area (Å²) in [6.45, 7) is 2.13. The average Bonchev–Trinajstić information content (AvgIpc) is 2.11. The Hall–Kier alpha value is -0.0800. The lowest BCUT2D eigenvalue weighted by Crippen LogP contribution is -1.79. The molecule has 1 aromatic carbocycles. The van der Waals surface area contributed by atoms with Crippen LogP contribution in [-0.4, -0.2) is 5.33 Å². The molecule has 0 saturated heterocycles. The third-order valence-electron chi connectivity index (χ3n) is 1.81. The summed E-state index contributed by atoms with van der Waals surface area (Å²) < 4.78 is 1.14. The molecule has 0 aromatic heterocycles. The lowest BCUT2D eigenvalue weighted by atomic mass is 10.1. The molecule has 0 aliphatic rings. The molecule has 0 bridgehead atoms. The molecule has 0 aliphatic carbocycles. The molecule has 70 valence electrons. The zero-order chi connectivity index (χ0) is 9.68. The predicted molar refractivity (Wildman–Crippen MR) is 66.3 cm³/mol. The molecule has 0 spiro atoms. The third-order valence-corrected chi connectivity index (χ3v) is 2.77. The summed E-state index contributed by atoms with van der Waals surface area (Å²) in [6, 6.07) is 6.33. The van der Waals surface area contributed by atoms with Crippen molar-refractivity contribution in [2.24, 2.45) is 0 Å². The van der Waals surface area contributed by atoms with E-state index in [9.17, 15) is 0 Å². The lowest BCUT2D eigenvalue weighted by Gasteiger charge is -2.00. The van der Waals surface area contributed by atoms with Crippen LogP contribution in [0.4, 0.5) is 0 Å². The van der Waals surface area contributed by atoms with E-state index in [0.717, 1.165) is 16.2 Å². The Kier molecular flexibility index (Phi) is 4.74. The van der Waals surface area contributed by atoms with Gasteiger partial charge in [-0.2, -0.15) is 0 Å². The number of alkyl halides is 1. The third kappa shape index (κ3) is 3.65. The Morgan fingerprint density at radius 1 is 1.38 bits per heavy atom. The summed E-state index contributed by atoms with van der Waals surface area (Å²) in [4.78, 5) is 0. The number of allylic oxidation sites excluding steroid dienone is 1. The molecule has 0 radical (unpaired) electrons. The predicted octanol–water partition coefficient (Wildman–Crippen LogP) is 4.56. The fourth-order valence-corrected chi connectivity index (χ4v) is 1.71. The fourth-order valence-electron chi connectivity index (χ4n) is 1.06. The molecule has 0 heterocycles. The Bertz CT molecular complexity index is 303. The molecule has 0 nitrogen and oxygen atoms in total. The van der Waals surface area contributed by atoms with Gasteiger partial charge >= 0.3 is 0 Å². The highest BCUT2D eigenvalue weighted by atomic mass is 79.9. The topological polar surface area (TPSA) is 0 Å². The van der Waals surface area contributed by atoms with E-state index < -0.39 is 0 Å².